The maximum Gasteiger partial charge on any atom is 0.267 e. The fourth-order valence-electron chi connectivity index (χ4n) is 3.06. The van der Waals surface area contributed by atoms with Crippen molar-refractivity contribution in [2.45, 2.75) is 13.8 Å². The maximum absolute atomic E-state index is 11.3. The summed E-state index contributed by atoms with van der Waals surface area (Å²) in [5.41, 5.74) is 8.49. The molecule has 7 nitrogen and oxygen atoms in total. The quantitative estimate of drug-likeness (QED) is 0.563. The highest BCUT2D eigenvalue weighted by Crippen LogP contribution is 2.27. The molecule has 0 aliphatic rings. The highest BCUT2D eigenvalue weighted by molar-refractivity contribution is 5.90. The van der Waals surface area contributed by atoms with Gasteiger partial charge in [0.15, 0.2) is 5.82 Å². The van der Waals surface area contributed by atoms with Gasteiger partial charge in [-0.05, 0) is 49.7 Å². The first-order valence-electron chi connectivity index (χ1n) is 9.06. The first kappa shape index (κ1) is 18.4. The van der Waals surface area contributed by atoms with E-state index in [1.807, 2.05) is 66.9 Å². The number of nitrogens with zero attached hydrogens (tertiary/aromatic N) is 4. The van der Waals surface area contributed by atoms with Gasteiger partial charge in [0.1, 0.15) is 17.3 Å². The molecule has 0 spiro atoms. The van der Waals surface area contributed by atoms with Crippen molar-refractivity contribution < 1.29 is 9.53 Å². The first-order chi connectivity index (χ1) is 14.0. The highest BCUT2D eigenvalue weighted by Gasteiger charge is 2.14. The van der Waals surface area contributed by atoms with Gasteiger partial charge < -0.3 is 10.5 Å². The van der Waals surface area contributed by atoms with Gasteiger partial charge in [0.25, 0.3) is 5.91 Å². The molecule has 2 aromatic heterocycles. The van der Waals surface area contributed by atoms with Crippen LogP contribution in [0.1, 0.15) is 21.9 Å². The second kappa shape index (κ2) is 7.55. The Kier molecular flexibility index (Phi) is 4.78. The molecule has 0 saturated carbocycles. The number of benzene rings is 2. The summed E-state index contributed by atoms with van der Waals surface area (Å²) in [6.45, 7) is 3.96. The Bertz CT molecular complexity index is 1180. The second-order valence-corrected chi connectivity index (χ2v) is 6.54. The van der Waals surface area contributed by atoms with Gasteiger partial charge >= 0.3 is 0 Å². The third-order valence-corrected chi connectivity index (χ3v) is 4.50. The molecule has 0 unspecified atom stereocenters. The van der Waals surface area contributed by atoms with Crippen LogP contribution in [0.25, 0.3) is 17.1 Å². The smallest absolute Gasteiger partial charge is 0.267 e. The van der Waals surface area contributed by atoms with E-state index in [0.29, 0.717) is 11.6 Å². The van der Waals surface area contributed by atoms with Crippen LogP contribution in [0, 0.1) is 13.8 Å². The lowest BCUT2D eigenvalue weighted by Gasteiger charge is -2.11. The lowest BCUT2D eigenvalue weighted by atomic mass is 10.1. The standard InChI is InChI=1S/C22H19N5O2/c1-14-6-3-4-7-18(14)22-26-25-15(2)27(22)16-10-12-17(13-11-16)29-20-9-5-8-19(24-20)21(23)28/h3-13H,1-2H3,(H2,23,28). The van der Waals surface area contributed by atoms with Gasteiger partial charge in [-0.1, -0.05) is 30.3 Å². The van der Waals surface area contributed by atoms with Crippen molar-refractivity contribution >= 4 is 5.91 Å². The zero-order chi connectivity index (χ0) is 20.4. The Hall–Kier alpha value is -4.00. The maximum atomic E-state index is 11.3. The molecule has 2 N–H and O–H groups in total. The Balaban J connectivity index is 1.64. The average molecular weight is 385 g/mol. The summed E-state index contributed by atoms with van der Waals surface area (Å²) in [7, 11) is 0. The van der Waals surface area contributed by atoms with Gasteiger partial charge in [-0.25, -0.2) is 4.98 Å². The van der Waals surface area contributed by atoms with Crippen LogP contribution < -0.4 is 10.5 Å². The van der Waals surface area contributed by atoms with E-state index >= 15 is 0 Å². The number of amides is 1. The van der Waals surface area contributed by atoms with Crippen LogP contribution in [0.15, 0.2) is 66.7 Å². The van der Waals surface area contributed by atoms with Crippen molar-refractivity contribution in [1.82, 2.24) is 19.7 Å². The largest absolute Gasteiger partial charge is 0.439 e. The number of aromatic nitrogens is 4. The summed E-state index contributed by atoms with van der Waals surface area (Å²) in [6.07, 6.45) is 0. The molecular weight excluding hydrogens is 366 g/mol. The van der Waals surface area contributed by atoms with E-state index in [2.05, 4.69) is 15.2 Å². The number of carbonyl (C=O) groups is 1. The molecule has 4 rings (SSSR count). The minimum Gasteiger partial charge on any atom is -0.439 e. The zero-order valence-corrected chi connectivity index (χ0v) is 16.0. The molecule has 7 heteroatoms. The van der Waals surface area contributed by atoms with Gasteiger partial charge in [-0.2, -0.15) is 0 Å². The number of hydrogen-bond donors (Lipinski definition) is 1. The SMILES string of the molecule is Cc1ccccc1-c1nnc(C)n1-c1ccc(Oc2cccc(C(N)=O)n2)cc1. The number of rotatable bonds is 5. The van der Waals surface area contributed by atoms with Crippen LogP contribution >= 0.6 is 0 Å². The summed E-state index contributed by atoms with van der Waals surface area (Å²) in [6, 6.07) is 20.5. The molecule has 0 radical (unpaired) electrons. The zero-order valence-electron chi connectivity index (χ0n) is 16.0. The van der Waals surface area contributed by atoms with Crippen LogP contribution in [-0.4, -0.2) is 25.7 Å². The summed E-state index contributed by atoms with van der Waals surface area (Å²) in [5.74, 6) is 1.86. The first-order valence-corrected chi connectivity index (χ1v) is 9.06. The van der Waals surface area contributed by atoms with Crippen molar-refractivity contribution in [3.8, 4) is 28.7 Å². The summed E-state index contributed by atoms with van der Waals surface area (Å²) in [4.78, 5) is 15.4. The Morgan fingerprint density at radius 2 is 1.69 bits per heavy atom. The molecular formula is C22H19N5O2. The van der Waals surface area contributed by atoms with Gasteiger partial charge in [0.2, 0.25) is 5.88 Å². The summed E-state index contributed by atoms with van der Waals surface area (Å²) < 4.78 is 7.74. The van der Waals surface area contributed by atoms with E-state index in [4.69, 9.17) is 10.5 Å². The lowest BCUT2D eigenvalue weighted by molar-refractivity contribution is 0.0995. The van der Waals surface area contributed by atoms with E-state index in [1.165, 1.54) is 0 Å². The number of aryl methyl sites for hydroxylation is 2. The van der Waals surface area contributed by atoms with Crippen LogP contribution in [-0.2, 0) is 0 Å². The Morgan fingerprint density at radius 1 is 0.931 bits per heavy atom. The number of pyridine rings is 1. The summed E-state index contributed by atoms with van der Waals surface area (Å²) >= 11 is 0. The number of primary amides is 1. The molecule has 0 atom stereocenters. The molecule has 2 heterocycles. The van der Waals surface area contributed by atoms with E-state index in [-0.39, 0.29) is 5.69 Å². The number of hydrogen-bond acceptors (Lipinski definition) is 5. The molecule has 0 aliphatic heterocycles. The third kappa shape index (κ3) is 3.70. The minimum atomic E-state index is -0.599. The van der Waals surface area contributed by atoms with Crippen LogP contribution in [0.4, 0.5) is 0 Å². The molecule has 0 saturated heterocycles. The molecule has 2 aromatic carbocycles. The molecule has 0 fully saturated rings. The fraction of sp³-hybridized carbons (Fsp3) is 0.0909. The monoisotopic (exact) mass is 385 g/mol. The van der Waals surface area contributed by atoms with E-state index in [0.717, 1.165) is 28.5 Å². The Labute approximate surface area is 167 Å². The predicted octanol–water partition coefficient (Wildman–Crippen LogP) is 3.84. The fourth-order valence-corrected chi connectivity index (χ4v) is 3.06. The van der Waals surface area contributed by atoms with Crippen molar-refractivity contribution in [1.29, 1.82) is 0 Å². The van der Waals surface area contributed by atoms with Crippen LogP contribution in [0.2, 0.25) is 0 Å². The average Bonchev–Trinajstić information content (AvgIpc) is 3.10. The van der Waals surface area contributed by atoms with Gasteiger partial charge in [-0.3, -0.25) is 9.36 Å². The molecule has 0 aliphatic carbocycles. The predicted molar refractivity (Wildman–Crippen MR) is 109 cm³/mol. The minimum absolute atomic E-state index is 0.155. The number of ether oxygens (including phenoxy) is 1. The van der Waals surface area contributed by atoms with Crippen molar-refractivity contribution in [2.75, 3.05) is 0 Å². The lowest BCUT2D eigenvalue weighted by Crippen LogP contribution is -2.12. The topological polar surface area (TPSA) is 95.9 Å². The highest BCUT2D eigenvalue weighted by atomic mass is 16.5. The van der Waals surface area contributed by atoms with Crippen LogP contribution in [0.5, 0.6) is 11.6 Å². The van der Waals surface area contributed by atoms with Crippen molar-refractivity contribution in [3.05, 3.63) is 83.8 Å². The normalized spacial score (nSPS) is 10.7. The summed E-state index contributed by atoms with van der Waals surface area (Å²) in [5, 5.41) is 8.62. The van der Waals surface area contributed by atoms with Gasteiger partial charge in [0, 0.05) is 17.3 Å². The van der Waals surface area contributed by atoms with Crippen molar-refractivity contribution in [3.63, 3.8) is 0 Å². The van der Waals surface area contributed by atoms with E-state index in [9.17, 15) is 4.79 Å². The van der Waals surface area contributed by atoms with Gasteiger partial charge in [-0.15, -0.1) is 10.2 Å². The molecule has 29 heavy (non-hydrogen) atoms. The van der Waals surface area contributed by atoms with E-state index < -0.39 is 5.91 Å². The number of nitrogens with two attached hydrogens (primary N) is 1. The molecule has 144 valence electrons. The third-order valence-electron chi connectivity index (χ3n) is 4.50. The van der Waals surface area contributed by atoms with E-state index in [1.54, 1.807) is 18.2 Å². The second-order valence-electron chi connectivity index (χ2n) is 6.54. The molecule has 0 bridgehead atoms. The Morgan fingerprint density at radius 3 is 2.41 bits per heavy atom. The van der Waals surface area contributed by atoms with Crippen LogP contribution in [0.3, 0.4) is 0 Å². The number of carbonyl (C=O) groups excluding carboxylic acids is 1. The van der Waals surface area contributed by atoms with Gasteiger partial charge in [0.05, 0.1) is 0 Å². The molecule has 1 amide bonds. The van der Waals surface area contributed by atoms with Crippen molar-refractivity contribution in [2.24, 2.45) is 5.73 Å². The molecule has 4 aromatic rings.